The van der Waals surface area contributed by atoms with E-state index in [1.807, 2.05) is 0 Å². The van der Waals surface area contributed by atoms with Gasteiger partial charge in [0.15, 0.2) is 10.6 Å². The van der Waals surface area contributed by atoms with E-state index in [1.54, 1.807) is 60.7 Å². The van der Waals surface area contributed by atoms with Crippen LogP contribution in [0.1, 0.15) is 0 Å². The van der Waals surface area contributed by atoms with Crippen molar-refractivity contribution in [2.24, 2.45) is 0 Å². The summed E-state index contributed by atoms with van der Waals surface area (Å²) in [6, 6.07) is 20.8. The number of para-hydroxylation sites is 3. The number of nitro benzene ring substituents is 1. The van der Waals surface area contributed by atoms with Crippen molar-refractivity contribution < 1.29 is 22.8 Å². The molecule has 0 saturated carbocycles. The Bertz CT molecular complexity index is 1110. The Morgan fingerprint density at radius 3 is 2.03 bits per heavy atom. The van der Waals surface area contributed by atoms with E-state index in [0.29, 0.717) is 18.0 Å². The fourth-order valence-corrected chi connectivity index (χ4v) is 4.67. The molecule has 0 aromatic heterocycles. The minimum Gasteiger partial charge on any atom is -0.484 e. The molecule has 0 N–H and O–H groups in total. The summed E-state index contributed by atoms with van der Waals surface area (Å²) in [5.74, 6) is -0.113. The van der Waals surface area contributed by atoms with E-state index in [0.717, 1.165) is 4.31 Å². The van der Waals surface area contributed by atoms with Crippen LogP contribution in [0.4, 0.5) is 17.1 Å². The van der Waals surface area contributed by atoms with Crippen LogP contribution >= 0.6 is 0 Å². The number of rotatable bonds is 8. The third-order valence-electron chi connectivity index (χ3n) is 4.47. The van der Waals surface area contributed by atoms with Gasteiger partial charge in [-0.1, -0.05) is 42.5 Å². The lowest BCUT2D eigenvalue weighted by Crippen LogP contribution is -2.27. The molecule has 0 spiro atoms. The maximum atomic E-state index is 13.7. The van der Waals surface area contributed by atoms with E-state index >= 15 is 0 Å². The van der Waals surface area contributed by atoms with Crippen LogP contribution in [-0.2, 0) is 14.8 Å². The molecule has 154 valence electrons. The van der Waals surface area contributed by atoms with Gasteiger partial charge in [0, 0.05) is 0 Å². The standard InChI is InChI=1S/C21H18N2O6S/c24-23(25)21-19(29-15-18-14-28-18)12-7-13-20(21)30(26,27)22(16-8-3-1-4-9-16)17-10-5-2-6-11-17/h1-13,18H,14-15H2. The molecule has 1 fully saturated rings. The van der Waals surface area contributed by atoms with Gasteiger partial charge in [0.25, 0.3) is 10.0 Å². The maximum Gasteiger partial charge on any atom is 0.331 e. The molecule has 1 aliphatic rings. The third-order valence-corrected chi connectivity index (χ3v) is 6.26. The molecule has 1 heterocycles. The lowest BCUT2D eigenvalue weighted by atomic mass is 10.3. The SMILES string of the molecule is O=[N+]([O-])c1c(OCC2CO2)cccc1S(=O)(=O)N(c1ccccc1)c1ccccc1. The molecule has 0 aliphatic carbocycles. The van der Waals surface area contributed by atoms with E-state index in [2.05, 4.69) is 0 Å². The molecule has 1 atom stereocenters. The van der Waals surface area contributed by atoms with Crippen molar-refractivity contribution in [2.45, 2.75) is 11.0 Å². The lowest BCUT2D eigenvalue weighted by molar-refractivity contribution is -0.388. The zero-order chi connectivity index (χ0) is 21.1. The second-order valence-corrected chi connectivity index (χ2v) is 8.32. The highest BCUT2D eigenvalue weighted by atomic mass is 32.2. The van der Waals surface area contributed by atoms with Crippen LogP contribution in [0.5, 0.6) is 5.75 Å². The number of sulfonamides is 1. The molecule has 0 amide bonds. The molecule has 1 saturated heterocycles. The number of nitro groups is 1. The molecule has 0 bridgehead atoms. The highest BCUT2D eigenvalue weighted by molar-refractivity contribution is 7.93. The second-order valence-electron chi connectivity index (χ2n) is 6.57. The number of hydrogen-bond donors (Lipinski definition) is 0. The molecule has 1 aliphatic heterocycles. The monoisotopic (exact) mass is 426 g/mol. The Morgan fingerprint density at radius 1 is 0.967 bits per heavy atom. The van der Waals surface area contributed by atoms with Crippen molar-refractivity contribution in [3.05, 3.63) is 89.0 Å². The Morgan fingerprint density at radius 2 is 1.53 bits per heavy atom. The summed E-state index contributed by atoms with van der Waals surface area (Å²) in [7, 11) is -4.35. The van der Waals surface area contributed by atoms with Crippen LogP contribution in [-0.4, -0.2) is 32.7 Å². The van der Waals surface area contributed by atoms with E-state index in [4.69, 9.17) is 9.47 Å². The van der Waals surface area contributed by atoms with Crippen LogP contribution in [0.2, 0.25) is 0 Å². The fraction of sp³-hybridized carbons (Fsp3) is 0.143. The maximum absolute atomic E-state index is 13.7. The quantitative estimate of drug-likeness (QED) is 0.308. The summed E-state index contributed by atoms with van der Waals surface area (Å²) < 4.78 is 39.1. The fourth-order valence-electron chi connectivity index (χ4n) is 3.01. The van der Waals surface area contributed by atoms with E-state index in [-0.39, 0.29) is 18.5 Å². The first kappa shape index (κ1) is 19.9. The molecule has 8 nitrogen and oxygen atoms in total. The van der Waals surface area contributed by atoms with Crippen molar-refractivity contribution in [1.29, 1.82) is 0 Å². The van der Waals surface area contributed by atoms with Crippen LogP contribution in [0, 0.1) is 10.1 Å². The largest absolute Gasteiger partial charge is 0.484 e. The Labute approximate surface area is 173 Å². The van der Waals surface area contributed by atoms with Gasteiger partial charge in [-0.15, -0.1) is 0 Å². The zero-order valence-corrected chi connectivity index (χ0v) is 16.6. The van der Waals surface area contributed by atoms with Gasteiger partial charge in [-0.25, -0.2) is 12.7 Å². The average molecular weight is 426 g/mol. The van der Waals surface area contributed by atoms with Crippen molar-refractivity contribution in [2.75, 3.05) is 17.5 Å². The number of anilines is 2. The summed E-state index contributed by atoms with van der Waals surface area (Å²) in [6.07, 6.45) is -0.130. The number of hydrogen-bond acceptors (Lipinski definition) is 6. The summed E-state index contributed by atoms with van der Waals surface area (Å²) >= 11 is 0. The first-order chi connectivity index (χ1) is 14.5. The van der Waals surface area contributed by atoms with Gasteiger partial charge in [-0.3, -0.25) is 10.1 Å². The van der Waals surface area contributed by atoms with E-state index < -0.39 is 25.5 Å². The van der Waals surface area contributed by atoms with Crippen molar-refractivity contribution in [1.82, 2.24) is 0 Å². The Hall–Kier alpha value is -3.43. The average Bonchev–Trinajstić information content (AvgIpc) is 3.58. The van der Waals surface area contributed by atoms with Crippen molar-refractivity contribution in [3.63, 3.8) is 0 Å². The second kappa shape index (κ2) is 8.13. The van der Waals surface area contributed by atoms with Gasteiger partial charge >= 0.3 is 5.69 Å². The Balaban J connectivity index is 1.86. The minimum absolute atomic E-state index is 0.113. The smallest absolute Gasteiger partial charge is 0.331 e. The summed E-state index contributed by atoms with van der Waals surface area (Å²) in [4.78, 5) is 10.7. The van der Waals surface area contributed by atoms with Gasteiger partial charge in [0.2, 0.25) is 0 Å². The minimum atomic E-state index is -4.35. The van der Waals surface area contributed by atoms with Crippen LogP contribution in [0.3, 0.4) is 0 Å². The molecule has 0 radical (unpaired) electrons. The molecule has 30 heavy (non-hydrogen) atoms. The topological polar surface area (TPSA) is 102 Å². The molecule has 3 aromatic rings. The van der Waals surface area contributed by atoms with Gasteiger partial charge in [0.05, 0.1) is 22.9 Å². The van der Waals surface area contributed by atoms with Crippen molar-refractivity contribution >= 4 is 27.1 Å². The number of benzene rings is 3. The molecular weight excluding hydrogens is 408 g/mol. The van der Waals surface area contributed by atoms with Crippen LogP contribution in [0.25, 0.3) is 0 Å². The first-order valence-electron chi connectivity index (χ1n) is 9.16. The van der Waals surface area contributed by atoms with Crippen molar-refractivity contribution in [3.8, 4) is 5.75 Å². The predicted molar refractivity (Wildman–Crippen MR) is 111 cm³/mol. The summed E-state index contributed by atoms with van der Waals surface area (Å²) in [5.41, 5.74) is 0.112. The molecule has 9 heteroatoms. The number of epoxide rings is 1. The lowest BCUT2D eigenvalue weighted by Gasteiger charge is -2.24. The van der Waals surface area contributed by atoms with Crippen LogP contribution < -0.4 is 9.04 Å². The highest BCUT2D eigenvalue weighted by Crippen LogP contribution is 2.39. The summed E-state index contributed by atoms with van der Waals surface area (Å²) in [6.45, 7) is 0.632. The van der Waals surface area contributed by atoms with Crippen LogP contribution in [0.15, 0.2) is 83.8 Å². The highest BCUT2D eigenvalue weighted by Gasteiger charge is 2.36. The first-order valence-corrected chi connectivity index (χ1v) is 10.6. The van der Waals surface area contributed by atoms with Gasteiger partial charge in [-0.05, 0) is 36.4 Å². The summed E-state index contributed by atoms with van der Waals surface area (Å²) in [5, 5.41) is 11.9. The molecule has 1 unspecified atom stereocenters. The van der Waals surface area contributed by atoms with Gasteiger partial charge in [-0.2, -0.15) is 0 Å². The van der Waals surface area contributed by atoms with E-state index in [1.165, 1.54) is 18.2 Å². The van der Waals surface area contributed by atoms with Gasteiger partial charge in [0.1, 0.15) is 12.7 Å². The van der Waals surface area contributed by atoms with Gasteiger partial charge < -0.3 is 9.47 Å². The van der Waals surface area contributed by atoms with E-state index in [9.17, 15) is 18.5 Å². The number of ether oxygens (including phenoxy) is 2. The zero-order valence-electron chi connectivity index (χ0n) is 15.7. The number of nitrogens with zero attached hydrogens (tertiary/aromatic N) is 2. The third kappa shape index (κ3) is 3.98. The predicted octanol–water partition coefficient (Wildman–Crippen LogP) is 3.90. The normalized spacial score (nSPS) is 15.4. The molecular formula is C21H18N2O6S. The molecule has 4 rings (SSSR count). The molecule has 3 aromatic carbocycles. The Kier molecular flexibility index (Phi) is 5.39.